The molecule has 0 unspecified atom stereocenters. The first-order valence-electron chi connectivity index (χ1n) is 8.42. The topological polar surface area (TPSA) is 54.2 Å². The van der Waals surface area contributed by atoms with Gasteiger partial charge in [0, 0.05) is 25.5 Å². The molecule has 0 aliphatic carbocycles. The molecule has 2 aromatic heterocycles. The van der Waals surface area contributed by atoms with E-state index in [9.17, 15) is 0 Å². The van der Waals surface area contributed by atoms with Gasteiger partial charge in [0.05, 0.1) is 13.1 Å². The molecule has 2 heterocycles. The van der Waals surface area contributed by atoms with E-state index in [0.29, 0.717) is 6.54 Å². The minimum Gasteiger partial charge on any atom is -0.357 e. The van der Waals surface area contributed by atoms with Crippen LogP contribution in [0.4, 0.5) is 0 Å². The van der Waals surface area contributed by atoms with Crippen molar-refractivity contribution in [3.8, 4) is 0 Å². The number of hydrogen-bond acceptors (Lipinski definition) is 3. The molecule has 5 nitrogen and oxygen atoms in total. The van der Waals surface area contributed by atoms with Crippen LogP contribution in [0.25, 0.3) is 0 Å². The first-order chi connectivity index (χ1) is 12.3. The predicted molar refractivity (Wildman–Crippen MR) is 104 cm³/mol. The van der Waals surface area contributed by atoms with Gasteiger partial charge in [-0.3, -0.25) is 4.68 Å². The number of aliphatic imine (C=N–C) groups is 1. The van der Waals surface area contributed by atoms with E-state index < -0.39 is 0 Å². The van der Waals surface area contributed by atoms with Gasteiger partial charge in [0.1, 0.15) is 0 Å². The Morgan fingerprint density at radius 2 is 2.04 bits per heavy atom. The van der Waals surface area contributed by atoms with E-state index in [4.69, 9.17) is 0 Å². The third-order valence-electron chi connectivity index (χ3n) is 3.80. The molecule has 2 N–H and O–H groups in total. The van der Waals surface area contributed by atoms with Gasteiger partial charge in [0.2, 0.25) is 0 Å². The monoisotopic (exact) mass is 353 g/mol. The fourth-order valence-electron chi connectivity index (χ4n) is 2.53. The van der Waals surface area contributed by atoms with Crippen molar-refractivity contribution in [2.24, 2.45) is 4.99 Å². The maximum absolute atomic E-state index is 4.66. The highest BCUT2D eigenvalue weighted by molar-refractivity contribution is 7.07. The van der Waals surface area contributed by atoms with Gasteiger partial charge in [-0.1, -0.05) is 24.3 Å². The zero-order valence-corrected chi connectivity index (χ0v) is 15.2. The Morgan fingerprint density at radius 3 is 2.76 bits per heavy atom. The summed E-state index contributed by atoms with van der Waals surface area (Å²) >= 11 is 1.70. The molecule has 0 fully saturated rings. The van der Waals surface area contributed by atoms with E-state index >= 15 is 0 Å². The number of rotatable bonds is 7. The number of aromatic nitrogens is 2. The lowest BCUT2D eigenvalue weighted by atomic mass is 10.1. The van der Waals surface area contributed by atoms with Crippen LogP contribution in [0, 0.1) is 0 Å². The van der Waals surface area contributed by atoms with E-state index in [-0.39, 0.29) is 0 Å². The lowest BCUT2D eigenvalue weighted by Crippen LogP contribution is -2.37. The summed E-state index contributed by atoms with van der Waals surface area (Å²) in [6.45, 7) is 5.10. The van der Waals surface area contributed by atoms with Gasteiger partial charge in [-0.15, -0.1) is 0 Å². The van der Waals surface area contributed by atoms with Crippen molar-refractivity contribution in [1.82, 2.24) is 20.4 Å². The number of nitrogens with one attached hydrogen (secondary N) is 2. The molecule has 6 heteroatoms. The van der Waals surface area contributed by atoms with Gasteiger partial charge < -0.3 is 10.6 Å². The highest BCUT2D eigenvalue weighted by Gasteiger charge is 2.05. The highest BCUT2D eigenvalue weighted by Crippen LogP contribution is 2.10. The second kappa shape index (κ2) is 9.03. The van der Waals surface area contributed by atoms with Crippen LogP contribution in [0.5, 0.6) is 0 Å². The highest BCUT2D eigenvalue weighted by atomic mass is 32.1. The predicted octanol–water partition coefficient (Wildman–Crippen LogP) is 3.25. The van der Waals surface area contributed by atoms with Gasteiger partial charge in [-0.05, 0) is 46.5 Å². The van der Waals surface area contributed by atoms with Crippen molar-refractivity contribution >= 4 is 17.3 Å². The number of guanidine groups is 1. The van der Waals surface area contributed by atoms with Crippen molar-refractivity contribution < 1.29 is 0 Å². The first kappa shape index (κ1) is 17.2. The Morgan fingerprint density at radius 1 is 1.16 bits per heavy atom. The Bertz CT molecular complexity index is 778. The second-order valence-corrected chi connectivity index (χ2v) is 6.43. The summed E-state index contributed by atoms with van der Waals surface area (Å²) in [5, 5.41) is 15.2. The van der Waals surface area contributed by atoms with E-state index in [1.165, 1.54) is 16.7 Å². The summed E-state index contributed by atoms with van der Waals surface area (Å²) in [4.78, 5) is 4.66. The maximum Gasteiger partial charge on any atom is 0.191 e. The lowest BCUT2D eigenvalue weighted by molar-refractivity contribution is 0.677. The second-order valence-electron chi connectivity index (χ2n) is 5.65. The van der Waals surface area contributed by atoms with E-state index in [0.717, 1.165) is 25.6 Å². The van der Waals surface area contributed by atoms with Crippen molar-refractivity contribution in [3.63, 3.8) is 0 Å². The maximum atomic E-state index is 4.66. The molecule has 1 aromatic carbocycles. The summed E-state index contributed by atoms with van der Waals surface area (Å²) in [5.41, 5.74) is 3.74. The molecule has 0 amide bonds. The van der Waals surface area contributed by atoms with Crippen LogP contribution in [0.15, 0.2) is 64.5 Å². The number of nitrogens with zero attached hydrogens (tertiary/aromatic N) is 3. The zero-order valence-electron chi connectivity index (χ0n) is 14.4. The standard InChI is InChI=1S/C19H23N5S/c1-2-20-19(21-12-16-8-11-25-15-16)22-13-17-6-3-4-7-18(17)14-24-10-5-9-23-24/h3-11,15H,2,12-14H2,1H3,(H2,20,21,22). The quantitative estimate of drug-likeness (QED) is 0.506. The van der Waals surface area contributed by atoms with Crippen LogP contribution in [-0.2, 0) is 19.6 Å². The molecule has 0 saturated carbocycles. The summed E-state index contributed by atoms with van der Waals surface area (Å²) in [7, 11) is 0. The van der Waals surface area contributed by atoms with Gasteiger partial charge in [-0.2, -0.15) is 16.4 Å². The van der Waals surface area contributed by atoms with Crippen molar-refractivity contribution in [2.45, 2.75) is 26.6 Å². The molecule has 0 atom stereocenters. The van der Waals surface area contributed by atoms with Crippen molar-refractivity contribution in [2.75, 3.05) is 6.54 Å². The van der Waals surface area contributed by atoms with Gasteiger partial charge in [-0.25, -0.2) is 4.99 Å². The molecule has 25 heavy (non-hydrogen) atoms. The van der Waals surface area contributed by atoms with E-state index in [1.807, 2.05) is 16.9 Å². The molecule has 3 aromatic rings. The molecule has 0 radical (unpaired) electrons. The molecular formula is C19H23N5S. The first-order valence-corrected chi connectivity index (χ1v) is 9.37. The average molecular weight is 353 g/mol. The summed E-state index contributed by atoms with van der Waals surface area (Å²) < 4.78 is 1.94. The molecule has 0 aliphatic heterocycles. The van der Waals surface area contributed by atoms with Gasteiger partial charge in [0.25, 0.3) is 0 Å². The molecule has 0 bridgehead atoms. The fraction of sp³-hybridized carbons (Fsp3) is 0.263. The van der Waals surface area contributed by atoms with E-state index in [1.54, 1.807) is 17.5 Å². The van der Waals surface area contributed by atoms with Crippen LogP contribution >= 0.6 is 11.3 Å². The smallest absolute Gasteiger partial charge is 0.191 e. The average Bonchev–Trinajstić information content (AvgIpc) is 3.32. The van der Waals surface area contributed by atoms with Gasteiger partial charge >= 0.3 is 0 Å². The Balaban J connectivity index is 1.65. The zero-order chi connectivity index (χ0) is 17.3. The molecule has 0 saturated heterocycles. The van der Waals surface area contributed by atoms with Crippen molar-refractivity contribution in [1.29, 1.82) is 0 Å². The third kappa shape index (κ3) is 5.19. The molecule has 3 rings (SSSR count). The normalized spacial score (nSPS) is 11.5. The number of hydrogen-bond donors (Lipinski definition) is 2. The third-order valence-corrected chi connectivity index (χ3v) is 4.53. The Labute approximate surface area is 152 Å². The van der Waals surface area contributed by atoms with Crippen LogP contribution in [0.1, 0.15) is 23.6 Å². The summed E-state index contributed by atoms with van der Waals surface area (Å²) in [6.07, 6.45) is 3.79. The number of benzene rings is 1. The van der Waals surface area contributed by atoms with Crippen LogP contribution in [0.3, 0.4) is 0 Å². The molecule has 0 spiro atoms. The van der Waals surface area contributed by atoms with Crippen LogP contribution in [-0.4, -0.2) is 22.3 Å². The minimum atomic E-state index is 0.688. The van der Waals surface area contributed by atoms with E-state index in [2.05, 4.69) is 68.7 Å². The summed E-state index contributed by atoms with van der Waals surface area (Å²) in [6, 6.07) is 12.5. The number of thiophene rings is 1. The Kier molecular flexibility index (Phi) is 6.23. The molecule has 130 valence electrons. The lowest BCUT2D eigenvalue weighted by Gasteiger charge is -2.14. The van der Waals surface area contributed by atoms with Crippen LogP contribution < -0.4 is 10.6 Å². The SMILES string of the molecule is CCNC(=NCc1ccsc1)NCc1ccccc1Cn1cccn1. The largest absolute Gasteiger partial charge is 0.357 e. The summed E-state index contributed by atoms with van der Waals surface area (Å²) in [5.74, 6) is 0.836. The fourth-order valence-corrected chi connectivity index (χ4v) is 3.19. The van der Waals surface area contributed by atoms with Gasteiger partial charge in [0.15, 0.2) is 5.96 Å². The Hall–Kier alpha value is -2.60. The van der Waals surface area contributed by atoms with Crippen molar-refractivity contribution in [3.05, 3.63) is 76.2 Å². The minimum absolute atomic E-state index is 0.688. The molecule has 0 aliphatic rings. The van der Waals surface area contributed by atoms with Crippen LogP contribution in [0.2, 0.25) is 0 Å². The molecular weight excluding hydrogens is 330 g/mol.